The molecule has 0 aromatic heterocycles. The largest absolute Gasteiger partial charge is 0.203 e. The summed E-state index contributed by atoms with van der Waals surface area (Å²) in [5.74, 6) is -4.24. The van der Waals surface area contributed by atoms with Gasteiger partial charge in [-0.1, -0.05) is 50.5 Å². The third-order valence-electron chi connectivity index (χ3n) is 5.90. The first-order valence-corrected chi connectivity index (χ1v) is 9.73. The lowest BCUT2D eigenvalue weighted by Gasteiger charge is -2.22. The highest BCUT2D eigenvalue weighted by Gasteiger charge is 2.36. The zero-order chi connectivity index (χ0) is 18.7. The number of hydrogen-bond donors (Lipinski definition) is 0. The van der Waals surface area contributed by atoms with Crippen molar-refractivity contribution in [3.05, 3.63) is 58.7 Å². The maximum absolute atomic E-state index is 14.5. The molecule has 0 heterocycles. The summed E-state index contributed by atoms with van der Waals surface area (Å²) < 4.78 is 57.9. The molecule has 0 saturated heterocycles. The van der Waals surface area contributed by atoms with Gasteiger partial charge in [-0.15, -0.1) is 0 Å². The summed E-state index contributed by atoms with van der Waals surface area (Å²) in [6, 6.07) is 0. The van der Waals surface area contributed by atoms with Crippen molar-refractivity contribution in [1.82, 2.24) is 0 Å². The summed E-state index contributed by atoms with van der Waals surface area (Å²) in [7, 11) is 0. The van der Waals surface area contributed by atoms with Gasteiger partial charge in [0.2, 0.25) is 0 Å². The van der Waals surface area contributed by atoms with E-state index in [9.17, 15) is 17.6 Å². The number of rotatable bonds is 7. The molecule has 26 heavy (non-hydrogen) atoms. The van der Waals surface area contributed by atoms with Crippen LogP contribution in [-0.2, 0) is 12.8 Å². The van der Waals surface area contributed by atoms with Gasteiger partial charge in [0, 0.05) is 11.1 Å². The van der Waals surface area contributed by atoms with Crippen LogP contribution in [-0.4, -0.2) is 0 Å². The Bertz CT molecular complexity index is 676. The lowest BCUT2D eigenvalue weighted by Crippen LogP contribution is -2.18. The van der Waals surface area contributed by atoms with Gasteiger partial charge in [0.05, 0.1) is 0 Å². The second kappa shape index (κ2) is 8.41. The van der Waals surface area contributed by atoms with Crippen LogP contribution in [0, 0.1) is 41.0 Å². The third-order valence-corrected chi connectivity index (χ3v) is 5.90. The number of hydrogen-bond acceptors (Lipinski definition) is 0. The Labute approximate surface area is 153 Å². The SMILES string of the molecule is CCCCCCc1c(F)c(F)c(C[C@H]2CCC3C=CC=CC32)c(F)c1F. The molecule has 2 aliphatic carbocycles. The molecule has 2 aliphatic rings. The summed E-state index contributed by atoms with van der Waals surface area (Å²) >= 11 is 0. The summed E-state index contributed by atoms with van der Waals surface area (Å²) in [5.41, 5.74) is -0.865. The standard InChI is InChI=1S/C22H26F4/c1-2-3-4-5-10-17-19(23)21(25)18(22(26)20(17)24)13-15-12-11-14-8-6-7-9-16(14)15/h6-9,14-16H,2-5,10-13H2,1H3/t14?,15-,16?/m1/s1. The van der Waals surface area contributed by atoms with Gasteiger partial charge >= 0.3 is 0 Å². The zero-order valence-corrected chi connectivity index (χ0v) is 15.2. The van der Waals surface area contributed by atoms with Gasteiger partial charge in [-0.25, -0.2) is 17.6 Å². The molecule has 1 aromatic carbocycles. The molecule has 4 heteroatoms. The molecule has 0 N–H and O–H groups in total. The van der Waals surface area contributed by atoms with Crippen LogP contribution in [0.2, 0.25) is 0 Å². The minimum absolute atomic E-state index is 0.0133. The van der Waals surface area contributed by atoms with E-state index in [2.05, 4.69) is 6.08 Å². The number of allylic oxidation sites excluding steroid dienone is 4. The van der Waals surface area contributed by atoms with E-state index >= 15 is 0 Å². The fraction of sp³-hybridized carbons (Fsp3) is 0.545. The Morgan fingerprint density at radius 1 is 0.808 bits per heavy atom. The van der Waals surface area contributed by atoms with E-state index in [0.29, 0.717) is 12.3 Å². The Hall–Kier alpha value is -1.58. The molecule has 1 fully saturated rings. The van der Waals surface area contributed by atoms with Crippen molar-refractivity contribution in [1.29, 1.82) is 0 Å². The van der Waals surface area contributed by atoms with Crippen molar-refractivity contribution in [2.75, 3.05) is 0 Å². The van der Waals surface area contributed by atoms with E-state index in [1.165, 1.54) is 0 Å². The van der Waals surface area contributed by atoms with Crippen LogP contribution in [0.3, 0.4) is 0 Å². The fourth-order valence-corrected chi connectivity index (χ4v) is 4.41. The van der Waals surface area contributed by atoms with Crippen molar-refractivity contribution in [3.63, 3.8) is 0 Å². The molecule has 1 aromatic rings. The van der Waals surface area contributed by atoms with Gasteiger partial charge < -0.3 is 0 Å². The summed E-state index contributed by atoms with van der Waals surface area (Å²) in [6.45, 7) is 2.03. The van der Waals surface area contributed by atoms with Crippen molar-refractivity contribution in [3.8, 4) is 0 Å². The second-order valence-corrected chi connectivity index (χ2v) is 7.58. The highest BCUT2D eigenvalue weighted by molar-refractivity contribution is 5.31. The minimum atomic E-state index is -1.20. The van der Waals surface area contributed by atoms with Crippen LogP contribution in [0.1, 0.15) is 56.6 Å². The van der Waals surface area contributed by atoms with E-state index in [0.717, 1.165) is 32.1 Å². The molecule has 0 aliphatic heterocycles. The molecular formula is C22H26F4. The first-order valence-electron chi connectivity index (χ1n) is 9.73. The zero-order valence-electron chi connectivity index (χ0n) is 15.2. The van der Waals surface area contributed by atoms with E-state index in [1.807, 2.05) is 25.2 Å². The third kappa shape index (κ3) is 3.74. The Balaban J connectivity index is 1.80. The molecule has 0 nitrogen and oxygen atoms in total. The average Bonchev–Trinajstić information content (AvgIpc) is 3.06. The summed E-state index contributed by atoms with van der Waals surface area (Å²) in [5, 5.41) is 0. The van der Waals surface area contributed by atoms with Gasteiger partial charge in [0.1, 0.15) is 0 Å². The highest BCUT2D eigenvalue weighted by Crippen LogP contribution is 2.43. The van der Waals surface area contributed by atoms with Gasteiger partial charge in [-0.2, -0.15) is 0 Å². The Morgan fingerprint density at radius 2 is 1.46 bits per heavy atom. The fourth-order valence-electron chi connectivity index (χ4n) is 4.41. The van der Waals surface area contributed by atoms with Crippen LogP contribution in [0.5, 0.6) is 0 Å². The van der Waals surface area contributed by atoms with E-state index in [1.54, 1.807) is 0 Å². The molecule has 3 atom stereocenters. The monoisotopic (exact) mass is 366 g/mol. The first-order chi connectivity index (χ1) is 12.5. The second-order valence-electron chi connectivity index (χ2n) is 7.58. The molecule has 0 amide bonds. The molecule has 3 rings (SSSR count). The predicted molar refractivity (Wildman–Crippen MR) is 95.8 cm³/mol. The smallest absolute Gasteiger partial charge is 0.165 e. The molecule has 0 radical (unpaired) electrons. The van der Waals surface area contributed by atoms with Crippen LogP contribution >= 0.6 is 0 Å². The molecule has 142 valence electrons. The van der Waals surface area contributed by atoms with Crippen LogP contribution < -0.4 is 0 Å². The number of fused-ring (bicyclic) bond motifs is 1. The van der Waals surface area contributed by atoms with Gasteiger partial charge in [-0.3, -0.25) is 0 Å². The number of benzene rings is 1. The summed E-state index contributed by atoms with van der Waals surface area (Å²) in [6.07, 6.45) is 13.2. The van der Waals surface area contributed by atoms with Crippen molar-refractivity contribution >= 4 is 0 Å². The summed E-state index contributed by atoms with van der Waals surface area (Å²) in [4.78, 5) is 0. The lowest BCUT2D eigenvalue weighted by atomic mass is 9.83. The first kappa shape index (κ1) is 19.2. The maximum atomic E-state index is 14.5. The van der Waals surface area contributed by atoms with Crippen LogP contribution in [0.4, 0.5) is 17.6 Å². The number of halogens is 4. The van der Waals surface area contributed by atoms with E-state index in [4.69, 9.17) is 0 Å². The maximum Gasteiger partial charge on any atom is 0.165 e. The minimum Gasteiger partial charge on any atom is -0.203 e. The Kier molecular flexibility index (Phi) is 6.20. The number of unbranched alkanes of at least 4 members (excludes halogenated alkanes) is 3. The normalized spacial score (nSPS) is 24.3. The Morgan fingerprint density at radius 3 is 2.15 bits per heavy atom. The van der Waals surface area contributed by atoms with Gasteiger partial charge in [-0.05, 0) is 49.9 Å². The van der Waals surface area contributed by atoms with Gasteiger partial charge in [0.15, 0.2) is 23.3 Å². The molecule has 2 unspecified atom stereocenters. The van der Waals surface area contributed by atoms with Crippen molar-refractivity contribution in [2.45, 2.75) is 58.3 Å². The van der Waals surface area contributed by atoms with Crippen molar-refractivity contribution < 1.29 is 17.6 Å². The molecular weight excluding hydrogens is 340 g/mol. The predicted octanol–water partition coefficient (Wildman–Crippen LogP) is 6.68. The van der Waals surface area contributed by atoms with E-state index < -0.39 is 34.4 Å². The molecule has 0 spiro atoms. The van der Waals surface area contributed by atoms with Crippen LogP contribution in [0.25, 0.3) is 0 Å². The topological polar surface area (TPSA) is 0 Å². The lowest BCUT2D eigenvalue weighted by molar-refractivity contribution is 0.379. The average molecular weight is 366 g/mol. The van der Waals surface area contributed by atoms with Gasteiger partial charge in [0.25, 0.3) is 0 Å². The van der Waals surface area contributed by atoms with E-state index in [-0.39, 0.29) is 24.7 Å². The molecule has 0 bridgehead atoms. The van der Waals surface area contributed by atoms with Crippen molar-refractivity contribution in [2.24, 2.45) is 17.8 Å². The molecule has 1 saturated carbocycles. The quantitative estimate of drug-likeness (QED) is 0.287. The highest BCUT2D eigenvalue weighted by atomic mass is 19.2. The van der Waals surface area contributed by atoms with Crippen LogP contribution in [0.15, 0.2) is 24.3 Å².